The molecule has 26 heavy (non-hydrogen) atoms. The molecule has 6 heteroatoms. The SMILES string of the molecule is COC(=O)C1C(C)=NC(C)=C(C(=O)OC(C)(C)C)C1c1cccc(F)c1. The number of ether oxygens (including phenoxy) is 2. The van der Waals surface area contributed by atoms with Gasteiger partial charge in [0, 0.05) is 17.3 Å². The summed E-state index contributed by atoms with van der Waals surface area (Å²) in [6, 6.07) is 5.85. The summed E-state index contributed by atoms with van der Waals surface area (Å²) >= 11 is 0. The lowest BCUT2D eigenvalue weighted by Crippen LogP contribution is -2.37. The second-order valence-electron chi connectivity index (χ2n) is 7.29. The molecule has 1 aliphatic heterocycles. The first-order chi connectivity index (χ1) is 12.0. The van der Waals surface area contributed by atoms with Crippen molar-refractivity contribution in [2.45, 2.75) is 46.1 Å². The summed E-state index contributed by atoms with van der Waals surface area (Å²) in [7, 11) is 1.27. The number of allylic oxidation sites excluding steroid dienone is 1. The Morgan fingerprint density at radius 2 is 1.85 bits per heavy atom. The van der Waals surface area contributed by atoms with Crippen molar-refractivity contribution in [2.75, 3.05) is 7.11 Å². The summed E-state index contributed by atoms with van der Waals surface area (Å²) in [5.74, 6) is -3.12. The van der Waals surface area contributed by atoms with Crippen molar-refractivity contribution in [1.82, 2.24) is 0 Å². The number of hydrogen-bond donors (Lipinski definition) is 0. The predicted molar refractivity (Wildman–Crippen MR) is 96.3 cm³/mol. The highest BCUT2D eigenvalue weighted by atomic mass is 19.1. The van der Waals surface area contributed by atoms with Crippen LogP contribution >= 0.6 is 0 Å². The Hall–Kier alpha value is -2.50. The molecule has 1 aliphatic rings. The molecule has 5 nitrogen and oxygen atoms in total. The van der Waals surface area contributed by atoms with Gasteiger partial charge in [0.2, 0.25) is 0 Å². The normalized spacial score (nSPS) is 20.5. The molecule has 2 unspecified atom stereocenters. The van der Waals surface area contributed by atoms with Gasteiger partial charge in [-0.05, 0) is 52.3 Å². The van der Waals surface area contributed by atoms with Gasteiger partial charge in [-0.3, -0.25) is 9.79 Å². The molecule has 0 radical (unpaired) electrons. The largest absolute Gasteiger partial charge is 0.468 e. The van der Waals surface area contributed by atoms with E-state index >= 15 is 0 Å². The Morgan fingerprint density at radius 1 is 1.19 bits per heavy atom. The predicted octanol–water partition coefficient (Wildman–Crippen LogP) is 3.79. The van der Waals surface area contributed by atoms with Crippen molar-refractivity contribution in [3.05, 3.63) is 46.9 Å². The van der Waals surface area contributed by atoms with E-state index in [1.807, 2.05) is 0 Å². The Labute approximate surface area is 152 Å². The summed E-state index contributed by atoms with van der Waals surface area (Å²) in [4.78, 5) is 29.7. The first kappa shape index (κ1) is 19.8. The van der Waals surface area contributed by atoms with E-state index < -0.39 is 35.2 Å². The first-order valence-electron chi connectivity index (χ1n) is 8.37. The summed E-state index contributed by atoms with van der Waals surface area (Å²) in [6.45, 7) is 8.65. The zero-order valence-electron chi connectivity index (χ0n) is 15.9. The van der Waals surface area contributed by atoms with Crippen LogP contribution in [0.4, 0.5) is 4.39 Å². The van der Waals surface area contributed by atoms with Crippen LogP contribution in [0.2, 0.25) is 0 Å². The Bertz CT molecular complexity index is 789. The lowest BCUT2D eigenvalue weighted by Gasteiger charge is -2.32. The molecule has 1 heterocycles. The number of nitrogens with zero attached hydrogens (tertiary/aromatic N) is 1. The number of halogens is 1. The number of aliphatic imine (C=N–C) groups is 1. The molecule has 0 N–H and O–H groups in total. The van der Waals surface area contributed by atoms with Crippen LogP contribution in [0.1, 0.15) is 46.1 Å². The van der Waals surface area contributed by atoms with Crippen molar-refractivity contribution in [1.29, 1.82) is 0 Å². The van der Waals surface area contributed by atoms with Crippen molar-refractivity contribution in [3.8, 4) is 0 Å². The fourth-order valence-corrected chi connectivity index (χ4v) is 3.13. The van der Waals surface area contributed by atoms with Crippen LogP contribution in [0.5, 0.6) is 0 Å². The molecular formula is C20H24FNO4. The second kappa shape index (κ2) is 7.40. The standard InChI is InChI=1S/C20H24FNO4/c1-11-15(18(23)25-6)17(13-8-7-9-14(21)10-13)16(12(2)22-11)19(24)26-20(3,4)5/h7-10,15,17H,1-6H3. The highest BCUT2D eigenvalue weighted by Crippen LogP contribution is 2.40. The third kappa shape index (κ3) is 4.18. The van der Waals surface area contributed by atoms with E-state index in [-0.39, 0.29) is 5.57 Å². The summed E-state index contributed by atoms with van der Waals surface area (Å²) in [5.41, 5.74) is 0.983. The average molecular weight is 361 g/mol. The van der Waals surface area contributed by atoms with Crippen LogP contribution < -0.4 is 0 Å². The molecule has 2 atom stereocenters. The van der Waals surface area contributed by atoms with Crippen molar-refractivity contribution in [3.63, 3.8) is 0 Å². The van der Waals surface area contributed by atoms with Crippen LogP contribution in [0.3, 0.4) is 0 Å². The maximum absolute atomic E-state index is 13.8. The Morgan fingerprint density at radius 3 is 2.38 bits per heavy atom. The molecule has 0 saturated heterocycles. The van der Waals surface area contributed by atoms with E-state index in [4.69, 9.17) is 9.47 Å². The minimum absolute atomic E-state index is 0.242. The third-order valence-electron chi connectivity index (χ3n) is 4.11. The molecule has 0 spiro atoms. The van der Waals surface area contributed by atoms with Crippen molar-refractivity contribution >= 4 is 17.7 Å². The lowest BCUT2D eigenvalue weighted by molar-refractivity contribution is -0.150. The van der Waals surface area contributed by atoms with Crippen LogP contribution in [0.25, 0.3) is 0 Å². The number of rotatable bonds is 3. The zero-order valence-corrected chi connectivity index (χ0v) is 15.9. The maximum atomic E-state index is 13.8. The molecule has 0 saturated carbocycles. The maximum Gasteiger partial charge on any atom is 0.337 e. The highest BCUT2D eigenvalue weighted by Gasteiger charge is 2.42. The highest BCUT2D eigenvalue weighted by molar-refractivity contribution is 6.07. The monoisotopic (exact) mass is 361 g/mol. The van der Waals surface area contributed by atoms with Gasteiger partial charge >= 0.3 is 11.9 Å². The Kier molecular flexibility index (Phi) is 5.64. The molecule has 1 aromatic rings. The van der Waals surface area contributed by atoms with Crippen LogP contribution in [-0.4, -0.2) is 30.4 Å². The van der Waals surface area contributed by atoms with Gasteiger partial charge in [0.1, 0.15) is 17.3 Å². The third-order valence-corrected chi connectivity index (χ3v) is 4.11. The number of methoxy groups -OCH3 is 1. The molecule has 0 bridgehead atoms. The van der Waals surface area contributed by atoms with E-state index in [0.29, 0.717) is 17.0 Å². The minimum atomic E-state index is -0.826. The lowest BCUT2D eigenvalue weighted by atomic mass is 9.75. The summed E-state index contributed by atoms with van der Waals surface area (Å²) in [5, 5.41) is 0. The summed E-state index contributed by atoms with van der Waals surface area (Å²) < 4.78 is 24.3. The summed E-state index contributed by atoms with van der Waals surface area (Å²) in [6.07, 6.45) is 0. The van der Waals surface area contributed by atoms with E-state index in [2.05, 4.69) is 4.99 Å². The molecule has 2 rings (SSSR count). The number of esters is 2. The second-order valence-corrected chi connectivity index (χ2v) is 7.29. The van der Waals surface area contributed by atoms with Gasteiger partial charge in [-0.2, -0.15) is 0 Å². The molecule has 0 aromatic heterocycles. The first-order valence-corrected chi connectivity index (χ1v) is 8.37. The van der Waals surface area contributed by atoms with E-state index in [0.717, 1.165) is 0 Å². The minimum Gasteiger partial charge on any atom is -0.468 e. The van der Waals surface area contributed by atoms with Gasteiger partial charge in [0.05, 0.1) is 12.7 Å². The fourth-order valence-electron chi connectivity index (χ4n) is 3.13. The van der Waals surface area contributed by atoms with Gasteiger partial charge < -0.3 is 9.47 Å². The smallest absolute Gasteiger partial charge is 0.337 e. The van der Waals surface area contributed by atoms with E-state index in [1.165, 1.54) is 19.2 Å². The van der Waals surface area contributed by atoms with Gasteiger partial charge in [-0.25, -0.2) is 9.18 Å². The van der Waals surface area contributed by atoms with E-state index in [9.17, 15) is 14.0 Å². The number of hydrogen-bond acceptors (Lipinski definition) is 5. The van der Waals surface area contributed by atoms with Gasteiger partial charge in [0.25, 0.3) is 0 Å². The van der Waals surface area contributed by atoms with Crippen molar-refractivity contribution < 1.29 is 23.5 Å². The average Bonchev–Trinajstić information content (AvgIpc) is 2.51. The number of benzene rings is 1. The molecule has 0 fully saturated rings. The molecule has 140 valence electrons. The van der Waals surface area contributed by atoms with Crippen molar-refractivity contribution in [2.24, 2.45) is 10.9 Å². The number of carbonyl (C=O) groups excluding carboxylic acids is 2. The van der Waals surface area contributed by atoms with Gasteiger partial charge in [-0.15, -0.1) is 0 Å². The van der Waals surface area contributed by atoms with E-state index in [1.54, 1.807) is 46.8 Å². The quantitative estimate of drug-likeness (QED) is 0.769. The topological polar surface area (TPSA) is 65.0 Å². The van der Waals surface area contributed by atoms with Gasteiger partial charge in [0.15, 0.2) is 0 Å². The fraction of sp³-hybridized carbons (Fsp3) is 0.450. The Balaban J connectivity index is 2.64. The zero-order chi connectivity index (χ0) is 19.6. The van der Waals surface area contributed by atoms with Crippen LogP contribution in [0.15, 0.2) is 40.5 Å². The molecule has 0 aliphatic carbocycles. The molecule has 0 amide bonds. The number of carbonyl (C=O) groups is 2. The molecular weight excluding hydrogens is 337 g/mol. The molecule has 1 aromatic carbocycles. The van der Waals surface area contributed by atoms with Crippen LogP contribution in [-0.2, 0) is 19.1 Å². The van der Waals surface area contributed by atoms with Crippen LogP contribution in [0, 0.1) is 11.7 Å². The van der Waals surface area contributed by atoms with Gasteiger partial charge in [-0.1, -0.05) is 12.1 Å².